The number of aromatic nitrogens is 2. The first-order valence-corrected chi connectivity index (χ1v) is 4.52. The minimum absolute atomic E-state index is 0.195. The molecule has 0 bridgehead atoms. The number of hydrogen-bond acceptors (Lipinski definition) is 4. The number of nitrogens with zero attached hydrogens (tertiary/aromatic N) is 2. The summed E-state index contributed by atoms with van der Waals surface area (Å²) in [4.78, 5) is 4.06. The van der Waals surface area contributed by atoms with Crippen LogP contribution in [0.15, 0.2) is 12.5 Å². The van der Waals surface area contributed by atoms with Crippen LogP contribution in [-0.4, -0.2) is 30.3 Å². The van der Waals surface area contributed by atoms with Crippen LogP contribution in [0.1, 0.15) is 24.9 Å². The van der Waals surface area contributed by atoms with Crippen LogP contribution in [0.3, 0.4) is 0 Å². The van der Waals surface area contributed by atoms with Crippen LogP contribution in [0.25, 0.3) is 0 Å². The molecular formula is C9H17N3O2. The van der Waals surface area contributed by atoms with E-state index in [1.807, 2.05) is 11.5 Å². The van der Waals surface area contributed by atoms with Gasteiger partial charge in [-0.3, -0.25) is 0 Å². The van der Waals surface area contributed by atoms with Crippen LogP contribution in [0.2, 0.25) is 0 Å². The van der Waals surface area contributed by atoms with Crippen LogP contribution in [0.4, 0.5) is 0 Å². The Bertz CT molecular complexity index is 271. The Hall–Kier alpha value is -0.910. The van der Waals surface area contributed by atoms with Crippen LogP contribution < -0.4 is 5.73 Å². The van der Waals surface area contributed by atoms with Gasteiger partial charge in [0.2, 0.25) is 0 Å². The normalized spacial score (nSPS) is 13.5. The second-order valence-corrected chi connectivity index (χ2v) is 3.11. The van der Waals surface area contributed by atoms with Crippen LogP contribution in [0.5, 0.6) is 0 Å². The standard InChI is InChI=1S/C9H17N3O2/c1-7(4-10)12-6-11-5-8(12)9(13-2)14-3/h5-7,9H,4,10H2,1-3H3. The van der Waals surface area contributed by atoms with Gasteiger partial charge in [0.1, 0.15) is 0 Å². The van der Waals surface area contributed by atoms with Gasteiger partial charge in [-0.2, -0.15) is 0 Å². The van der Waals surface area contributed by atoms with E-state index in [9.17, 15) is 0 Å². The van der Waals surface area contributed by atoms with Crippen molar-refractivity contribution in [1.82, 2.24) is 9.55 Å². The van der Waals surface area contributed by atoms with Crippen LogP contribution in [0, 0.1) is 0 Å². The molecule has 0 saturated carbocycles. The fraction of sp³-hybridized carbons (Fsp3) is 0.667. The SMILES string of the molecule is COC(OC)c1cncn1C(C)CN. The monoisotopic (exact) mass is 199 g/mol. The van der Waals surface area contributed by atoms with Gasteiger partial charge >= 0.3 is 0 Å². The molecule has 1 atom stereocenters. The van der Waals surface area contributed by atoms with Gasteiger partial charge in [-0.15, -0.1) is 0 Å². The lowest BCUT2D eigenvalue weighted by atomic mass is 10.3. The van der Waals surface area contributed by atoms with Crippen molar-refractivity contribution >= 4 is 0 Å². The Kier molecular flexibility index (Phi) is 4.06. The maximum Gasteiger partial charge on any atom is 0.200 e. The van der Waals surface area contributed by atoms with Gasteiger partial charge in [0.15, 0.2) is 6.29 Å². The van der Waals surface area contributed by atoms with Gasteiger partial charge in [0.05, 0.1) is 18.2 Å². The largest absolute Gasteiger partial charge is 0.350 e. The minimum Gasteiger partial charge on any atom is -0.350 e. The molecule has 0 aliphatic heterocycles. The quantitative estimate of drug-likeness (QED) is 0.709. The fourth-order valence-electron chi connectivity index (χ4n) is 1.32. The zero-order chi connectivity index (χ0) is 10.6. The molecule has 1 rings (SSSR count). The first kappa shape index (κ1) is 11.2. The average Bonchev–Trinajstić information content (AvgIpc) is 2.68. The van der Waals surface area contributed by atoms with Crippen molar-refractivity contribution in [2.45, 2.75) is 19.3 Å². The van der Waals surface area contributed by atoms with Crippen LogP contribution >= 0.6 is 0 Å². The highest BCUT2D eigenvalue weighted by molar-refractivity contribution is 5.02. The van der Waals surface area contributed by atoms with E-state index < -0.39 is 0 Å². The number of ether oxygens (including phenoxy) is 2. The third kappa shape index (κ3) is 2.12. The smallest absolute Gasteiger partial charge is 0.200 e. The Balaban J connectivity index is 2.90. The summed E-state index contributed by atoms with van der Waals surface area (Å²) < 4.78 is 12.3. The third-order valence-electron chi connectivity index (χ3n) is 2.18. The molecule has 0 aliphatic carbocycles. The van der Waals surface area contributed by atoms with Crippen molar-refractivity contribution < 1.29 is 9.47 Å². The van der Waals surface area contributed by atoms with E-state index in [-0.39, 0.29) is 12.3 Å². The van der Waals surface area contributed by atoms with E-state index >= 15 is 0 Å². The number of methoxy groups -OCH3 is 2. The molecule has 0 amide bonds. The molecule has 0 aliphatic rings. The molecule has 2 N–H and O–H groups in total. The second kappa shape index (κ2) is 5.09. The lowest BCUT2D eigenvalue weighted by Gasteiger charge is -2.19. The molecule has 14 heavy (non-hydrogen) atoms. The summed E-state index contributed by atoms with van der Waals surface area (Å²) >= 11 is 0. The molecule has 0 fully saturated rings. The maximum absolute atomic E-state index is 5.58. The lowest BCUT2D eigenvalue weighted by Crippen LogP contribution is -2.19. The van der Waals surface area contributed by atoms with Crippen molar-refractivity contribution in [2.24, 2.45) is 5.73 Å². The highest BCUT2D eigenvalue weighted by Gasteiger charge is 2.16. The van der Waals surface area contributed by atoms with E-state index in [0.29, 0.717) is 6.54 Å². The Labute approximate surface area is 83.8 Å². The predicted octanol–water partition coefficient (Wildman–Crippen LogP) is 0.694. The summed E-state index contributed by atoms with van der Waals surface area (Å²) in [5.41, 5.74) is 6.47. The molecule has 0 aromatic carbocycles. The first-order valence-electron chi connectivity index (χ1n) is 4.52. The number of rotatable bonds is 5. The van der Waals surface area contributed by atoms with Crippen molar-refractivity contribution in [3.8, 4) is 0 Å². The van der Waals surface area contributed by atoms with E-state index in [2.05, 4.69) is 4.98 Å². The Morgan fingerprint density at radius 3 is 2.64 bits per heavy atom. The van der Waals surface area contributed by atoms with Gasteiger partial charge in [-0.25, -0.2) is 4.98 Å². The highest BCUT2D eigenvalue weighted by Crippen LogP contribution is 2.19. The van der Waals surface area contributed by atoms with Crippen molar-refractivity contribution in [2.75, 3.05) is 20.8 Å². The molecule has 0 radical (unpaired) electrons. The van der Waals surface area contributed by atoms with Gasteiger partial charge in [0.25, 0.3) is 0 Å². The van der Waals surface area contributed by atoms with E-state index in [0.717, 1.165) is 5.69 Å². The third-order valence-corrected chi connectivity index (χ3v) is 2.18. The first-order chi connectivity index (χ1) is 6.74. The number of nitrogens with two attached hydrogens (primary N) is 1. The van der Waals surface area contributed by atoms with E-state index in [4.69, 9.17) is 15.2 Å². The zero-order valence-electron chi connectivity index (χ0n) is 8.80. The van der Waals surface area contributed by atoms with Crippen molar-refractivity contribution in [3.63, 3.8) is 0 Å². The highest BCUT2D eigenvalue weighted by atomic mass is 16.7. The van der Waals surface area contributed by atoms with Crippen LogP contribution in [-0.2, 0) is 9.47 Å². The summed E-state index contributed by atoms with van der Waals surface area (Å²) in [7, 11) is 3.19. The Morgan fingerprint density at radius 1 is 1.50 bits per heavy atom. The molecule has 1 heterocycles. The van der Waals surface area contributed by atoms with Crippen molar-refractivity contribution in [1.29, 1.82) is 0 Å². The van der Waals surface area contributed by atoms with Crippen molar-refractivity contribution in [3.05, 3.63) is 18.2 Å². The summed E-state index contributed by atoms with van der Waals surface area (Å²) in [5.74, 6) is 0. The van der Waals surface area contributed by atoms with E-state index in [1.165, 1.54) is 0 Å². The van der Waals surface area contributed by atoms with Gasteiger partial charge < -0.3 is 19.8 Å². The zero-order valence-corrected chi connectivity index (χ0v) is 8.80. The number of imidazole rings is 1. The molecule has 1 aromatic rings. The molecule has 80 valence electrons. The van der Waals surface area contributed by atoms with Gasteiger partial charge in [-0.1, -0.05) is 0 Å². The molecule has 5 heteroatoms. The summed E-state index contributed by atoms with van der Waals surface area (Å²) in [6, 6.07) is 0.195. The number of hydrogen-bond donors (Lipinski definition) is 1. The lowest BCUT2D eigenvalue weighted by molar-refractivity contribution is -0.110. The van der Waals surface area contributed by atoms with Gasteiger partial charge in [-0.05, 0) is 6.92 Å². The molecule has 1 aromatic heterocycles. The molecule has 0 saturated heterocycles. The topological polar surface area (TPSA) is 62.3 Å². The Morgan fingerprint density at radius 2 is 2.14 bits per heavy atom. The molecular weight excluding hydrogens is 182 g/mol. The van der Waals surface area contributed by atoms with Gasteiger partial charge in [0, 0.05) is 26.8 Å². The fourth-order valence-corrected chi connectivity index (χ4v) is 1.32. The van der Waals surface area contributed by atoms with E-state index in [1.54, 1.807) is 26.7 Å². The summed E-state index contributed by atoms with van der Waals surface area (Å²) in [6.45, 7) is 2.58. The maximum atomic E-state index is 5.58. The second-order valence-electron chi connectivity index (χ2n) is 3.11. The summed E-state index contributed by atoms with van der Waals surface area (Å²) in [5, 5.41) is 0. The molecule has 5 nitrogen and oxygen atoms in total. The predicted molar refractivity (Wildman–Crippen MR) is 52.8 cm³/mol. The average molecular weight is 199 g/mol. The molecule has 1 unspecified atom stereocenters. The molecule has 0 spiro atoms. The minimum atomic E-state index is -0.383. The summed E-state index contributed by atoms with van der Waals surface area (Å²) in [6.07, 6.45) is 3.08.